The van der Waals surface area contributed by atoms with Crippen molar-refractivity contribution >= 4 is 5.97 Å². The lowest BCUT2D eigenvalue weighted by atomic mass is 9.72. The summed E-state index contributed by atoms with van der Waals surface area (Å²) in [6.45, 7) is 0.753. The first kappa shape index (κ1) is 20.4. The number of nitrogens with one attached hydrogen (secondary N) is 2. The summed E-state index contributed by atoms with van der Waals surface area (Å²) < 4.78 is 12.5. The number of aromatic amines is 1. The number of para-hydroxylation sites is 1. The zero-order chi connectivity index (χ0) is 21.9. The van der Waals surface area contributed by atoms with E-state index in [-0.39, 0.29) is 6.10 Å². The van der Waals surface area contributed by atoms with E-state index in [9.17, 15) is 9.90 Å². The van der Waals surface area contributed by atoms with E-state index in [0.29, 0.717) is 35.6 Å². The Hall–Kier alpha value is -3.46. The first-order valence-electron chi connectivity index (χ1n) is 10.9. The fraction of sp³-hybridized carbons (Fsp3) is 0.391. The van der Waals surface area contributed by atoms with Gasteiger partial charge in [0.2, 0.25) is 5.82 Å². The highest BCUT2D eigenvalue weighted by atomic mass is 16.5. The molecule has 0 unspecified atom stereocenters. The van der Waals surface area contributed by atoms with Crippen molar-refractivity contribution in [3.63, 3.8) is 0 Å². The molecule has 1 saturated carbocycles. The Morgan fingerprint density at radius 1 is 1.03 bits per heavy atom. The van der Waals surface area contributed by atoms with Crippen molar-refractivity contribution in [3.8, 4) is 28.6 Å². The predicted molar refractivity (Wildman–Crippen MR) is 115 cm³/mol. The van der Waals surface area contributed by atoms with Gasteiger partial charge in [0.15, 0.2) is 0 Å². The predicted octanol–water partition coefficient (Wildman–Crippen LogP) is 3.27. The van der Waals surface area contributed by atoms with E-state index >= 15 is 0 Å². The van der Waals surface area contributed by atoms with Crippen molar-refractivity contribution in [1.29, 1.82) is 0 Å². The maximum absolute atomic E-state index is 11.4. The highest BCUT2D eigenvalue weighted by Gasteiger charge is 2.38. The highest BCUT2D eigenvalue weighted by Crippen LogP contribution is 2.40. The Morgan fingerprint density at radius 2 is 1.91 bits per heavy atom. The van der Waals surface area contributed by atoms with Gasteiger partial charge in [-0.3, -0.25) is 4.79 Å². The molecular weight excluding hydrogens is 410 g/mol. The summed E-state index contributed by atoms with van der Waals surface area (Å²) in [6, 6.07) is 14.7. The number of aromatic nitrogens is 4. The topological polar surface area (TPSA) is 122 Å². The van der Waals surface area contributed by atoms with Crippen LogP contribution in [0.25, 0.3) is 11.4 Å². The minimum Gasteiger partial charge on any atom is -0.490 e. The summed E-state index contributed by atoms with van der Waals surface area (Å²) in [6.07, 6.45) is 3.37. The number of carboxylic acid groups (broad SMARTS) is 1. The number of piperidine rings is 1. The van der Waals surface area contributed by atoms with Crippen LogP contribution >= 0.6 is 0 Å². The molecule has 0 radical (unpaired) electrons. The van der Waals surface area contributed by atoms with Crippen molar-refractivity contribution in [1.82, 2.24) is 25.9 Å². The molecule has 166 valence electrons. The molecule has 1 saturated heterocycles. The van der Waals surface area contributed by atoms with Gasteiger partial charge in [0.05, 0.1) is 11.7 Å². The van der Waals surface area contributed by atoms with Gasteiger partial charge in [-0.1, -0.05) is 18.2 Å². The summed E-state index contributed by atoms with van der Waals surface area (Å²) >= 11 is 0. The number of fused-ring (bicyclic) bond motifs is 1. The summed E-state index contributed by atoms with van der Waals surface area (Å²) in [5.74, 6) is 2.51. The second-order valence-corrected chi connectivity index (χ2v) is 8.42. The number of rotatable bonds is 6. The Kier molecular flexibility index (Phi) is 5.72. The van der Waals surface area contributed by atoms with Crippen LogP contribution in [0, 0.1) is 11.8 Å². The van der Waals surface area contributed by atoms with Crippen molar-refractivity contribution in [2.75, 3.05) is 6.54 Å². The van der Waals surface area contributed by atoms with Crippen LogP contribution in [0.2, 0.25) is 0 Å². The molecule has 3 aromatic rings. The normalized spacial score (nSPS) is 25.0. The molecular formula is C23H25N5O4. The quantitative estimate of drug-likeness (QED) is 0.539. The van der Waals surface area contributed by atoms with E-state index in [0.717, 1.165) is 37.1 Å². The number of ether oxygens (including phenoxy) is 2. The van der Waals surface area contributed by atoms with Gasteiger partial charge in [0.25, 0.3) is 0 Å². The van der Waals surface area contributed by atoms with Gasteiger partial charge in [-0.05, 0) is 73.5 Å². The van der Waals surface area contributed by atoms with Gasteiger partial charge in [-0.25, -0.2) is 0 Å². The van der Waals surface area contributed by atoms with E-state index in [1.165, 1.54) is 0 Å². The zero-order valence-corrected chi connectivity index (χ0v) is 17.5. The number of carboxylic acids is 1. The van der Waals surface area contributed by atoms with Crippen molar-refractivity contribution < 1.29 is 19.4 Å². The van der Waals surface area contributed by atoms with Gasteiger partial charge in [0, 0.05) is 6.07 Å². The van der Waals surface area contributed by atoms with Crippen LogP contribution in [0.1, 0.15) is 25.7 Å². The number of carbonyl (C=O) groups is 1. The molecule has 9 heteroatoms. The van der Waals surface area contributed by atoms with Crippen molar-refractivity contribution in [2.45, 2.75) is 37.8 Å². The average molecular weight is 435 g/mol. The van der Waals surface area contributed by atoms with Gasteiger partial charge in [-0.2, -0.15) is 5.21 Å². The molecule has 0 spiro atoms. The molecule has 2 aliphatic rings. The molecule has 1 aliphatic heterocycles. The largest absolute Gasteiger partial charge is 0.490 e. The maximum Gasteiger partial charge on any atom is 0.320 e. The molecule has 1 aromatic heterocycles. The second kappa shape index (κ2) is 8.96. The SMILES string of the molecule is O=C(O)[C@@H]1C[C@H]2C[C@@H](Oc3cc(Oc4ccccc4)ccc3-c3nn[nH]n3)CC[C@H]2CN1. The monoisotopic (exact) mass is 435 g/mol. The van der Waals surface area contributed by atoms with Crippen molar-refractivity contribution in [2.24, 2.45) is 11.8 Å². The molecule has 9 nitrogen and oxygen atoms in total. The van der Waals surface area contributed by atoms with E-state index in [1.54, 1.807) is 0 Å². The third kappa shape index (κ3) is 4.43. The summed E-state index contributed by atoms with van der Waals surface area (Å²) in [5, 5.41) is 26.9. The minimum atomic E-state index is -0.781. The van der Waals surface area contributed by atoms with Crippen LogP contribution in [0.4, 0.5) is 0 Å². The number of aliphatic carboxylic acids is 1. The fourth-order valence-corrected chi connectivity index (χ4v) is 4.74. The standard InChI is InChI=1S/C23H25N5O4/c29-23(30)20-11-15-10-17(7-6-14(15)13-24-20)32-21-12-18(31-16-4-2-1-3-5-16)8-9-19(21)22-25-27-28-26-22/h1-5,8-9,12,14-15,17,20,24H,6-7,10-11,13H2,(H,29,30)(H,25,26,27,28)/t14-,15+,17-,20-/m0/s1. The highest BCUT2D eigenvalue weighted by molar-refractivity contribution is 5.73. The molecule has 4 atom stereocenters. The molecule has 0 bridgehead atoms. The van der Waals surface area contributed by atoms with Gasteiger partial charge < -0.3 is 19.9 Å². The number of H-pyrrole nitrogens is 1. The molecule has 2 heterocycles. The number of hydrogen-bond acceptors (Lipinski definition) is 7. The molecule has 3 N–H and O–H groups in total. The number of hydrogen-bond donors (Lipinski definition) is 3. The molecule has 2 fully saturated rings. The van der Waals surface area contributed by atoms with Gasteiger partial charge in [-0.15, -0.1) is 10.2 Å². The number of benzene rings is 2. The average Bonchev–Trinajstić information content (AvgIpc) is 3.34. The lowest BCUT2D eigenvalue weighted by Gasteiger charge is -2.41. The van der Waals surface area contributed by atoms with E-state index in [2.05, 4.69) is 25.9 Å². The van der Waals surface area contributed by atoms with Gasteiger partial charge in [0.1, 0.15) is 23.3 Å². The Labute approximate surface area is 185 Å². The Balaban J connectivity index is 1.36. The van der Waals surface area contributed by atoms with Crippen LogP contribution in [-0.2, 0) is 4.79 Å². The van der Waals surface area contributed by atoms with E-state index < -0.39 is 12.0 Å². The third-order valence-electron chi connectivity index (χ3n) is 6.37. The molecule has 2 aromatic carbocycles. The van der Waals surface area contributed by atoms with E-state index in [4.69, 9.17) is 9.47 Å². The smallest absolute Gasteiger partial charge is 0.320 e. The fourth-order valence-electron chi connectivity index (χ4n) is 4.74. The first-order valence-corrected chi connectivity index (χ1v) is 10.9. The van der Waals surface area contributed by atoms with Gasteiger partial charge >= 0.3 is 5.97 Å². The number of nitrogens with zero attached hydrogens (tertiary/aromatic N) is 3. The summed E-state index contributed by atoms with van der Waals surface area (Å²) in [7, 11) is 0. The van der Waals surface area contributed by atoms with Crippen molar-refractivity contribution in [3.05, 3.63) is 48.5 Å². The third-order valence-corrected chi connectivity index (χ3v) is 6.37. The molecule has 1 aliphatic carbocycles. The molecule has 5 rings (SSSR count). The van der Waals surface area contributed by atoms with Crippen LogP contribution in [-0.4, -0.2) is 50.4 Å². The minimum absolute atomic E-state index is 0.0126. The summed E-state index contributed by atoms with van der Waals surface area (Å²) in [4.78, 5) is 11.4. The lowest BCUT2D eigenvalue weighted by Crippen LogP contribution is -2.50. The summed E-state index contributed by atoms with van der Waals surface area (Å²) in [5.41, 5.74) is 0.731. The van der Waals surface area contributed by atoms with Crippen LogP contribution < -0.4 is 14.8 Å². The molecule has 0 amide bonds. The lowest BCUT2D eigenvalue weighted by molar-refractivity contribution is -0.141. The Bertz CT molecular complexity index is 1060. The second-order valence-electron chi connectivity index (χ2n) is 8.42. The van der Waals surface area contributed by atoms with Crippen LogP contribution in [0.3, 0.4) is 0 Å². The number of tetrazole rings is 1. The maximum atomic E-state index is 11.4. The molecule has 32 heavy (non-hydrogen) atoms. The van der Waals surface area contributed by atoms with Crippen LogP contribution in [0.15, 0.2) is 48.5 Å². The zero-order valence-electron chi connectivity index (χ0n) is 17.5. The van der Waals surface area contributed by atoms with E-state index in [1.807, 2.05) is 48.5 Å². The first-order chi connectivity index (χ1) is 15.7. The van der Waals surface area contributed by atoms with Crippen LogP contribution in [0.5, 0.6) is 17.2 Å². The Morgan fingerprint density at radius 3 is 2.69 bits per heavy atom.